The minimum absolute atomic E-state index is 0.649. The average Bonchev–Trinajstić information content (AvgIpc) is 3.10. The van der Waals surface area contributed by atoms with Gasteiger partial charge in [0.2, 0.25) is 5.95 Å². The second kappa shape index (κ2) is 5.95. The summed E-state index contributed by atoms with van der Waals surface area (Å²) in [4.78, 5) is 16.9. The molecule has 3 rings (SSSR count). The van der Waals surface area contributed by atoms with Gasteiger partial charge in [-0.1, -0.05) is 6.92 Å². The monoisotopic (exact) mass is 319 g/mol. The van der Waals surface area contributed by atoms with Gasteiger partial charge < -0.3 is 10.6 Å². The first-order valence-electron chi connectivity index (χ1n) is 6.82. The maximum Gasteiger partial charge on any atom is 0.225 e. The van der Waals surface area contributed by atoms with Crippen molar-refractivity contribution in [2.24, 2.45) is 0 Å². The van der Waals surface area contributed by atoms with E-state index in [1.54, 1.807) is 22.7 Å². The molecule has 0 amide bonds. The number of aryl methyl sites for hydroxylation is 2. The number of hydrogen-bond donors (Lipinski definition) is 2. The van der Waals surface area contributed by atoms with E-state index in [2.05, 4.69) is 38.6 Å². The van der Waals surface area contributed by atoms with Gasteiger partial charge in [0.15, 0.2) is 0 Å². The highest BCUT2D eigenvalue weighted by Gasteiger charge is 2.11. The molecule has 21 heavy (non-hydrogen) atoms. The van der Waals surface area contributed by atoms with E-state index >= 15 is 0 Å². The Balaban J connectivity index is 1.95. The highest BCUT2D eigenvalue weighted by Crippen LogP contribution is 2.30. The molecule has 0 bridgehead atoms. The number of nitrogens with one attached hydrogen (secondary N) is 2. The molecule has 0 fully saturated rings. The van der Waals surface area contributed by atoms with Crippen LogP contribution in [0.5, 0.6) is 0 Å². The first-order valence-corrected chi connectivity index (χ1v) is 8.52. The summed E-state index contributed by atoms with van der Waals surface area (Å²) in [5.74, 6) is 1.53. The third kappa shape index (κ3) is 2.84. The summed E-state index contributed by atoms with van der Waals surface area (Å²) in [7, 11) is 1.84. The Morgan fingerprint density at radius 1 is 1.29 bits per heavy atom. The fraction of sp³-hybridized carbons (Fsp3) is 0.357. The first-order chi connectivity index (χ1) is 10.2. The minimum Gasteiger partial charge on any atom is -0.364 e. The van der Waals surface area contributed by atoms with Gasteiger partial charge in [-0.3, -0.25) is 0 Å². The number of anilines is 2. The Kier molecular flexibility index (Phi) is 4.03. The van der Waals surface area contributed by atoms with Gasteiger partial charge >= 0.3 is 0 Å². The Morgan fingerprint density at radius 2 is 2.14 bits per heavy atom. The second-order valence-corrected chi connectivity index (χ2v) is 6.70. The predicted molar refractivity (Wildman–Crippen MR) is 90.5 cm³/mol. The molecule has 3 aromatic rings. The number of fused-ring (bicyclic) bond motifs is 1. The molecule has 0 unspecified atom stereocenters. The Hall–Kier alpha value is -1.73. The van der Waals surface area contributed by atoms with Crippen LogP contribution in [0.3, 0.4) is 0 Å². The smallest absolute Gasteiger partial charge is 0.225 e. The van der Waals surface area contributed by atoms with Crippen LogP contribution in [0.2, 0.25) is 0 Å². The third-order valence-electron chi connectivity index (χ3n) is 3.28. The van der Waals surface area contributed by atoms with Crippen molar-refractivity contribution in [1.29, 1.82) is 0 Å². The summed E-state index contributed by atoms with van der Waals surface area (Å²) in [6, 6.07) is 2.18. The maximum absolute atomic E-state index is 4.55. The molecule has 0 aliphatic carbocycles. The molecule has 0 aliphatic rings. The van der Waals surface area contributed by atoms with E-state index in [1.165, 1.54) is 9.75 Å². The van der Waals surface area contributed by atoms with Crippen molar-refractivity contribution in [2.75, 3.05) is 17.7 Å². The van der Waals surface area contributed by atoms with Crippen LogP contribution in [0.4, 0.5) is 11.8 Å². The zero-order valence-electron chi connectivity index (χ0n) is 12.2. The minimum atomic E-state index is 0.649. The Labute approximate surface area is 131 Å². The summed E-state index contributed by atoms with van der Waals surface area (Å²) in [5, 5.41) is 7.55. The topological polar surface area (TPSA) is 62.7 Å². The molecule has 0 atom stereocenters. The van der Waals surface area contributed by atoms with E-state index in [9.17, 15) is 0 Å². The molecule has 110 valence electrons. The summed E-state index contributed by atoms with van der Waals surface area (Å²) >= 11 is 3.39. The predicted octanol–water partition coefficient (Wildman–Crippen LogP) is 3.67. The van der Waals surface area contributed by atoms with Crippen LogP contribution in [-0.2, 0) is 13.0 Å². The average molecular weight is 319 g/mol. The lowest BCUT2D eigenvalue weighted by Crippen LogP contribution is -2.04. The fourth-order valence-electron chi connectivity index (χ4n) is 2.05. The second-order valence-electron chi connectivity index (χ2n) is 4.65. The zero-order chi connectivity index (χ0) is 14.8. The van der Waals surface area contributed by atoms with Gasteiger partial charge in [0.1, 0.15) is 10.6 Å². The maximum atomic E-state index is 4.55. The van der Waals surface area contributed by atoms with Gasteiger partial charge in [0.05, 0.1) is 23.1 Å². The van der Waals surface area contributed by atoms with Crippen molar-refractivity contribution in [3.63, 3.8) is 0 Å². The molecule has 3 aromatic heterocycles. The van der Waals surface area contributed by atoms with E-state index in [0.717, 1.165) is 34.7 Å². The van der Waals surface area contributed by atoms with Crippen molar-refractivity contribution < 1.29 is 0 Å². The van der Waals surface area contributed by atoms with Gasteiger partial charge in [0.25, 0.3) is 0 Å². The molecule has 0 saturated carbocycles. The molecule has 3 heterocycles. The van der Waals surface area contributed by atoms with Gasteiger partial charge in [-0.25, -0.2) is 9.97 Å². The molecule has 0 saturated heterocycles. The number of nitrogens with zero attached hydrogens (tertiary/aromatic N) is 3. The van der Waals surface area contributed by atoms with E-state index in [0.29, 0.717) is 5.95 Å². The van der Waals surface area contributed by atoms with Crippen molar-refractivity contribution in [1.82, 2.24) is 15.0 Å². The number of aromatic nitrogens is 3. The van der Waals surface area contributed by atoms with Crippen LogP contribution in [-0.4, -0.2) is 22.0 Å². The summed E-state index contributed by atoms with van der Waals surface area (Å²) in [6.45, 7) is 4.93. The molecule has 0 aromatic carbocycles. The third-order valence-corrected chi connectivity index (χ3v) is 5.39. The zero-order valence-corrected chi connectivity index (χ0v) is 13.9. The van der Waals surface area contributed by atoms with Crippen LogP contribution < -0.4 is 10.6 Å². The lowest BCUT2D eigenvalue weighted by Gasteiger charge is -2.07. The Bertz CT molecular complexity index is 762. The van der Waals surface area contributed by atoms with Crippen molar-refractivity contribution in [2.45, 2.75) is 26.8 Å². The summed E-state index contributed by atoms with van der Waals surface area (Å²) in [6.07, 6.45) is 1.02. The Morgan fingerprint density at radius 3 is 2.81 bits per heavy atom. The molecular weight excluding hydrogens is 302 g/mol. The van der Waals surface area contributed by atoms with E-state index in [1.807, 2.05) is 19.5 Å². The van der Waals surface area contributed by atoms with Crippen LogP contribution in [0.15, 0.2) is 11.6 Å². The van der Waals surface area contributed by atoms with Gasteiger partial charge in [-0.2, -0.15) is 4.98 Å². The van der Waals surface area contributed by atoms with Crippen LogP contribution in [0, 0.1) is 6.92 Å². The molecule has 0 spiro atoms. The number of hydrogen-bond acceptors (Lipinski definition) is 7. The quantitative estimate of drug-likeness (QED) is 0.751. The van der Waals surface area contributed by atoms with E-state index in [-0.39, 0.29) is 0 Å². The first kappa shape index (κ1) is 14.2. The SMILES string of the molecule is CCc1cc2c(NCc3scnc3C)nc(NC)nc2s1. The van der Waals surface area contributed by atoms with E-state index < -0.39 is 0 Å². The van der Waals surface area contributed by atoms with Gasteiger partial charge in [0, 0.05) is 16.8 Å². The van der Waals surface area contributed by atoms with Crippen LogP contribution in [0.25, 0.3) is 10.2 Å². The largest absolute Gasteiger partial charge is 0.364 e. The molecular formula is C14H17N5S2. The summed E-state index contributed by atoms with van der Waals surface area (Å²) < 4.78 is 0. The van der Waals surface area contributed by atoms with Crippen LogP contribution >= 0.6 is 22.7 Å². The normalized spacial score (nSPS) is 11.0. The number of rotatable bonds is 5. The van der Waals surface area contributed by atoms with Gasteiger partial charge in [-0.05, 0) is 19.4 Å². The molecule has 5 nitrogen and oxygen atoms in total. The van der Waals surface area contributed by atoms with Crippen molar-refractivity contribution in [3.8, 4) is 0 Å². The standard InChI is InChI=1S/C14H17N5S2/c1-4-9-5-10-12(16-6-11-8(2)17-7-20-11)18-14(15-3)19-13(10)21-9/h5,7H,4,6H2,1-3H3,(H2,15,16,18,19). The highest BCUT2D eigenvalue weighted by molar-refractivity contribution is 7.18. The van der Waals surface area contributed by atoms with Crippen LogP contribution in [0.1, 0.15) is 22.4 Å². The fourth-order valence-corrected chi connectivity index (χ4v) is 3.74. The molecule has 0 radical (unpaired) electrons. The summed E-state index contributed by atoms with van der Waals surface area (Å²) in [5.41, 5.74) is 2.95. The van der Waals surface area contributed by atoms with Crippen molar-refractivity contribution in [3.05, 3.63) is 27.0 Å². The lowest BCUT2D eigenvalue weighted by atomic mass is 10.3. The molecule has 2 N–H and O–H groups in total. The lowest BCUT2D eigenvalue weighted by molar-refractivity contribution is 1.09. The number of thiazole rings is 1. The van der Waals surface area contributed by atoms with Crippen molar-refractivity contribution >= 4 is 44.7 Å². The molecule has 0 aliphatic heterocycles. The molecule has 7 heteroatoms. The van der Waals surface area contributed by atoms with Gasteiger partial charge in [-0.15, -0.1) is 22.7 Å². The highest BCUT2D eigenvalue weighted by atomic mass is 32.1. The van der Waals surface area contributed by atoms with E-state index in [4.69, 9.17) is 0 Å². The number of thiophene rings is 1.